The molecule has 16 heavy (non-hydrogen) atoms. The Balaban J connectivity index is 2.15. The Kier molecular flexibility index (Phi) is 2.73. The van der Waals surface area contributed by atoms with Crippen LogP contribution >= 0.6 is 0 Å². The van der Waals surface area contributed by atoms with Crippen molar-refractivity contribution in [3.05, 3.63) is 23.5 Å². The number of carbonyl (C=O) groups is 1. The van der Waals surface area contributed by atoms with Gasteiger partial charge in [-0.15, -0.1) is 0 Å². The first-order valence-electron chi connectivity index (χ1n) is 5.11. The van der Waals surface area contributed by atoms with Gasteiger partial charge in [-0.1, -0.05) is 0 Å². The standard InChI is InChI=1S/C11H12N4O/c1-15-10(4-5-13-15)6-8(7-12)11(16)14-9-2-3-9/h4-6,9H,2-3H2,1H3,(H,14,16). The number of rotatable bonds is 3. The van der Waals surface area contributed by atoms with Crippen LogP contribution in [0.15, 0.2) is 17.8 Å². The summed E-state index contributed by atoms with van der Waals surface area (Å²) >= 11 is 0. The highest BCUT2D eigenvalue weighted by Gasteiger charge is 2.24. The van der Waals surface area contributed by atoms with Crippen molar-refractivity contribution in [2.75, 3.05) is 0 Å². The summed E-state index contributed by atoms with van der Waals surface area (Å²) in [5.74, 6) is -0.300. The molecule has 5 nitrogen and oxygen atoms in total. The number of nitriles is 1. The number of aryl methyl sites for hydroxylation is 1. The molecule has 0 spiro atoms. The van der Waals surface area contributed by atoms with Gasteiger partial charge in [0.1, 0.15) is 11.6 Å². The fourth-order valence-corrected chi connectivity index (χ4v) is 1.31. The lowest BCUT2D eigenvalue weighted by molar-refractivity contribution is -0.117. The van der Waals surface area contributed by atoms with Gasteiger partial charge < -0.3 is 5.32 Å². The van der Waals surface area contributed by atoms with E-state index in [2.05, 4.69) is 10.4 Å². The van der Waals surface area contributed by atoms with E-state index in [0.717, 1.165) is 18.5 Å². The minimum absolute atomic E-state index is 0.121. The molecule has 1 aliphatic rings. The van der Waals surface area contributed by atoms with E-state index in [9.17, 15) is 4.79 Å². The van der Waals surface area contributed by atoms with Gasteiger partial charge in [0.15, 0.2) is 0 Å². The van der Waals surface area contributed by atoms with Crippen molar-refractivity contribution in [2.45, 2.75) is 18.9 Å². The SMILES string of the molecule is Cn1nccc1C=C(C#N)C(=O)NC1CC1. The molecule has 1 aliphatic carbocycles. The molecule has 1 aromatic rings. The summed E-state index contributed by atoms with van der Waals surface area (Å²) in [7, 11) is 1.76. The quantitative estimate of drug-likeness (QED) is 0.594. The smallest absolute Gasteiger partial charge is 0.262 e. The molecule has 5 heteroatoms. The normalized spacial score (nSPS) is 15.6. The number of carbonyl (C=O) groups excluding carboxylic acids is 1. The lowest BCUT2D eigenvalue weighted by Gasteiger charge is -2.01. The van der Waals surface area contributed by atoms with Crippen LogP contribution in [0.1, 0.15) is 18.5 Å². The Morgan fingerprint density at radius 3 is 3.00 bits per heavy atom. The molecule has 82 valence electrons. The van der Waals surface area contributed by atoms with Crippen LogP contribution in [-0.4, -0.2) is 21.7 Å². The minimum atomic E-state index is -0.300. The number of nitrogens with one attached hydrogen (secondary N) is 1. The topological polar surface area (TPSA) is 70.7 Å². The summed E-state index contributed by atoms with van der Waals surface area (Å²) in [5.41, 5.74) is 0.859. The molecule has 0 aromatic carbocycles. The second kappa shape index (κ2) is 4.19. The van der Waals surface area contributed by atoms with Gasteiger partial charge in [-0.25, -0.2) is 0 Å². The van der Waals surface area contributed by atoms with Gasteiger partial charge in [0.2, 0.25) is 0 Å². The molecule has 1 N–H and O–H groups in total. The van der Waals surface area contributed by atoms with Crippen LogP contribution in [-0.2, 0) is 11.8 Å². The summed E-state index contributed by atoms with van der Waals surface area (Å²) in [6.07, 6.45) is 5.19. The van der Waals surface area contributed by atoms with Crippen molar-refractivity contribution in [1.82, 2.24) is 15.1 Å². The predicted molar refractivity (Wildman–Crippen MR) is 58.0 cm³/mol. The summed E-state index contributed by atoms with van der Waals surface area (Å²) in [5, 5.41) is 15.7. The monoisotopic (exact) mass is 216 g/mol. The van der Waals surface area contributed by atoms with Crippen LogP contribution in [0.2, 0.25) is 0 Å². The zero-order valence-electron chi connectivity index (χ0n) is 8.97. The third kappa shape index (κ3) is 2.28. The number of hydrogen-bond acceptors (Lipinski definition) is 3. The van der Waals surface area contributed by atoms with E-state index in [1.807, 2.05) is 6.07 Å². The average Bonchev–Trinajstić information content (AvgIpc) is 2.98. The lowest BCUT2D eigenvalue weighted by atomic mass is 10.2. The van der Waals surface area contributed by atoms with Crippen LogP contribution in [0.4, 0.5) is 0 Å². The highest BCUT2D eigenvalue weighted by atomic mass is 16.1. The number of aromatic nitrogens is 2. The summed E-state index contributed by atoms with van der Waals surface area (Å²) < 4.78 is 1.61. The third-order valence-corrected chi connectivity index (χ3v) is 2.43. The Morgan fingerprint density at radius 1 is 1.75 bits per heavy atom. The van der Waals surface area contributed by atoms with Gasteiger partial charge in [0.25, 0.3) is 5.91 Å². The van der Waals surface area contributed by atoms with Crippen molar-refractivity contribution < 1.29 is 4.79 Å². The largest absolute Gasteiger partial charge is 0.349 e. The second-order valence-corrected chi connectivity index (χ2v) is 3.80. The Hall–Kier alpha value is -2.09. The molecule has 2 rings (SSSR count). The molecule has 0 saturated heterocycles. The first-order chi connectivity index (χ1) is 7.70. The van der Waals surface area contributed by atoms with Gasteiger partial charge in [-0.05, 0) is 25.0 Å². The molecule has 1 amide bonds. The average molecular weight is 216 g/mol. The molecule has 0 unspecified atom stereocenters. The molecule has 0 aliphatic heterocycles. The fourth-order valence-electron chi connectivity index (χ4n) is 1.31. The van der Waals surface area contributed by atoms with Crippen molar-refractivity contribution >= 4 is 12.0 Å². The van der Waals surface area contributed by atoms with Crippen LogP contribution < -0.4 is 5.32 Å². The molecule has 1 heterocycles. The Bertz CT molecular complexity index is 476. The molecule has 0 radical (unpaired) electrons. The summed E-state index contributed by atoms with van der Waals surface area (Å²) in [6.45, 7) is 0. The van der Waals surface area contributed by atoms with Gasteiger partial charge in [-0.2, -0.15) is 10.4 Å². The Morgan fingerprint density at radius 2 is 2.50 bits per heavy atom. The van der Waals surface area contributed by atoms with Crippen molar-refractivity contribution in [2.24, 2.45) is 7.05 Å². The molecule has 1 fully saturated rings. The first-order valence-corrected chi connectivity index (χ1v) is 5.11. The van der Waals surface area contributed by atoms with Gasteiger partial charge in [0.05, 0.1) is 5.69 Å². The second-order valence-electron chi connectivity index (χ2n) is 3.80. The maximum absolute atomic E-state index is 11.6. The van der Waals surface area contributed by atoms with E-state index >= 15 is 0 Å². The van der Waals surface area contributed by atoms with Gasteiger partial charge in [-0.3, -0.25) is 9.48 Å². The zero-order valence-corrected chi connectivity index (χ0v) is 8.97. The number of amides is 1. The van der Waals surface area contributed by atoms with Crippen molar-refractivity contribution in [1.29, 1.82) is 5.26 Å². The predicted octanol–water partition coefficient (Wildman–Crippen LogP) is 0.606. The summed E-state index contributed by atoms with van der Waals surface area (Å²) in [6, 6.07) is 3.92. The zero-order chi connectivity index (χ0) is 11.5. The van der Waals surface area contributed by atoms with Crippen LogP contribution in [0.3, 0.4) is 0 Å². The van der Waals surface area contributed by atoms with Crippen molar-refractivity contribution in [3.8, 4) is 6.07 Å². The van der Waals surface area contributed by atoms with Gasteiger partial charge >= 0.3 is 0 Å². The molecule has 0 atom stereocenters. The fraction of sp³-hybridized carbons (Fsp3) is 0.364. The van der Waals surface area contributed by atoms with E-state index in [-0.39, 0.29) is 17.5 Å². The highest BCUT2D eigenvalue weighted by Crippen LogP contribution is 2.19. The van der Waals surface area contributed by atoms with Crippen LogP contribution in [0, 0.1) is 11.3 Å². The molecule has 1 saturated carbocycles. The maximum Gasteiger partial charge on any atom is 0.262 e. The van der Waals surface area contributed by atoms with Crippen molar-refractivity contribution in [3.63, 3.8) is 0 Å². The molecule has 1 aromatic heterocycles. The van der Waals surface area contributed by atoms with Crippen LogP contribution in [0.25, 0.3) is 6.08 Å². The van der Waals surface area contributed by atoms with E-state index in [1.165, 1.54) is 0 Å². The van der Waals surface area contributed by atoms with Gasteiger partial charge in [0, 0.05) is 19.3 Å². The minimum Gasteiger partial charge on any atom is -0.349 e. The van der Waals surface area contributed by atoms with Crippen LogP contribution in [0.5, 0.6) is 0 Å². The Labute approximate surface area is 93.4 Å². The van der Waals surface area contributed by atoms with E-state index in [4.69, 9.17) is 5.26 Å². The maximum atomic E-state index is 11.6. The highest BCUT2D eigenvalue weighted by molar-refractivity contribution is 6.01. The van der Waals surface area contributed by atoms with E-state index in [1.54, 1.807) is 30.1 Å². The lowest BCUT2D eigenvalue weighted by Crippen LogP contribution is -2.26. The number of hydrogen-bond donors (Lipinski definition) is 1. The molecular formula is C11H12N4O. The molecular weight excluding hydrogens is 204 g/mol. The third-order valence-electron chi connectivity index (χ3n) is 2.43. The van der Waals surface area contributed by atoms with E-state index < -0.39 is 0 Å². The summed E-state index contributed by atoms with van der Waals surface area (Å²) in [4.78, 5) is 11.6. The van der Waals surface area contributed by atoms with E-state index in [0.29, 0.717) is 0 Å². The first kappa shape index (κ1) is 10.4. The number of nitrogens with zero attached hydrogens (tertiary/aromatic N) is 3. The molecule has 0 bridgehead atoms.